The first-order chi connectivity index (χ1) is 16.4. The molecule has 0 aliphatic heterocycles. The van der Waals surface area contributed by atoms with Gasteiger partial charge in [-0.15, -0.1) is 0 Å². The van der Waals surface area contributed by atoms with Crippen molar-refractivity contribution in [2.24, 2.45) is 0 Å². The predicted octanol–water partition coefficient (Wildman–Crippen LogP) is 6.46. The predicted molar refractivity (Wildman–Crippen MR) is 134 cm³/mol. The van der Waals surface area contributed by atoms with Crippen LogP contribution in [0.4, 0.5) is 16.2 Å². The van der Waals surface area contributed by atoms with Gasteiger partial charge < -0.3 is 15.4 Å². The molecule has 2 aromatic heterocycles. The van der Waals surface area contributed by atoms with Crippen LogP contribution in [-0.4, -0.2) is 21.0 Å². The number of nitrogens with zero attached hydrogens (tertiary/aromatic N) is 3. The average molecular weight is 454 g/mol. The maximum Gasteiger partial charge on any atom is 0.323 e. The molecule has 2 heterocycles. The Bertz CT molecular complexity index is 1320. The van der Waals surface area contributed by atoms with Crippen molar-refractivity contribution >= 4 is 17.4 Å². The zero-order valence-electron chi connectivity index (χ0n) is 19.7. The third-order valence-electron chi connectivity index (χ3n) is 5.57. The van der Waals surface area contributed by atoms with E-state index in [1.807, 2.05) is 82.3 Å². The van der Waals surface area contributed by atoms with Gasteiger partial charge in [0, 0.05) is 30.2 Å². The highest BCUT2D eigenvalue weighted by Gasteiger charge is 2.15. The van der Waals surface area contributed by atoms with E-state index in [-0.39, 0.29) is 6.03 Å². The number of benzene rings is 2. The summed E-state index contributed by atoms with van der Waals surface area (Å²) in [6, 6.07) is 16.6. The Morgan fingerprint density at radius 1 is 0.882 bits per heavy atom. The highest BCUT2D eigenvalue weighted by atomic mass is 16.5. The van der Waals surface area contributed by atoms with Crippen molar-refractivity contribution in [2.75, 3.05) is 10.6 Å². The monoisotopic (exact) mass is 453 g/mol. The summed E-state index contributed by atoms with van der Waals surface area (Å²) in [5.41, 5.74) is 5.93. The molecule has 0 atom stereocenters. The molecule has 7 nitrogen and oxygen atoms in total. The number of aryl methyl sites for hydroxylation is 2. The fourth-order valence-corrected chi connectivity index (χ4v) is 3.45. The van der Waals surface area contributed by atoms with E-state index in [0.29, 0.717) is 17.3 Å². The molecule has 0 aliphatic rings. The van der Waals surface area contributed by atoms with Crippen LogP contribution >= 0.6 is 0 Å². The molecular formula is C27H27N5O2. The van der Waals surface area contributed by atoms with Crippen molar-refractivity contribution in [3.05, 3.63) is 89.5 Å². The molecule has 0 spiro atoms. The van der Waals surface area contributed by atoms with E-state index < -0.39 is 0 Å². The number of urea groups is 1. The van der Waals surface area contributed by atoms with E-state index in [1.54, 1.807) is 12.4 Å². The minimum Gasteiger partial charge on any atom is -0.438 e. The van der Waals surface area contributed by atoms with Gasteiger partial charge in [0.1, 0.15) is 11.6 Å². The van der Waals surface area contributed by atoms with Crippen LogP contribution in [0, 0.1) is 20.8 Å². The molecule has 2 amide bonds. The Balaban J connectivity index is 1.54. The number of amides is 2. The van der Waals surface area contributed by atoms with Crippen LogP contribution in [0.15, 0.2) is 67.0 Å². The van der Waals surface area contributed by atoms with Gasteiger partial charge in [-0.25, -0.2) is 19.7 Å². The van der Waals surface area contributed by atoms with Gasteiger partial charge in [-0.1, -0.05) is 24.6 Å². The van der Waals surface area contributed by atoms with Gasteiger partial charge in [-0.2, -0.15) is 0 Å². The smallest absolute Gasteiger partial charge is 0.323 e. The lowest BCUT2D eigenvalue weighted by Crippen LogP contribution is -2.20. The topological polar surface area (TPSA) is 89.0 Å². The summed E-state index contributed by atoms with van der Waals surface area (Å²) < 4.78 is 6.22. The zero-order chi connectivity index (χ0) is 24.1. The molecule has 172 valence electrons. The molecule has 0 unspecified atom stereocenters. The van der Waals surface area contributed by atoms with Gasteiger partial charge in [-0.3, -0.25) is 0 Å². The quantitative estimate of drug-likeness (QED) is 0.350. The number of hydrogen-bond acceptors (Lipinski definition) is 5. The van der Waals surface area contributed by atoms with E-state index in [4.69, 9.17) is 4.74 Å². The molecule has 0 bridgehead atoms. The van der Waals surface area contributed by atoms with Crippen molar-refractivity contribution < 1.29 is 9.53 Å². The van der Waals surface area contributed by atoms with Gasteiger partial charge in [0.05, 0.1) is 11.3 Å². The number of carbonyl (C=O) groups excluding carboxylic acids is 1. The summed E-state index contributed by atoms with van der Waals surface area (Å²) in [4.78, 5) is 25.8. The third kappa shape index (κ3) is 5.20. The van der Waals surface area contributed by atoms with Crippen LogP contribution in [0.5, 0.6) is 11.6 Å². The normalized spacial score (nSPS) is 10.6. The Kier molecular flexibility index (Phi) is 6.82. The zero-order valence-corrected chi connectivity index (χ0v) is 19.7. The summed E-state index contributed by atoms with van der Waals surface area (Å²) in [5.74, 6) is 1.88. The molecule has 0 saturated heterocycles. The van der Waals surface area contributed by atoms with Crippen molar-refractivity contribution in [1.82, 2.24) is 15.0 Å². The van der Waals surface area contributed by atoms with Gasteiger partial charge in [0.2, 0.25) is 5.88 Å². The standard InChI is InChI=1S/C27H27N5O2/c1-5-25-28-16-14-23(31-25)21-7-6-15-29-26(21)34-24-13-12-22(18(3)19(24)4)32-27(33)30-20-10-8-17(2)9-11-20/h6-16H,5H2,1-4H3,(H2,30,32,33). The summed E-state index contributed by atoms with van der Waals surface area (Å²) in [6.45, 7) is 7.92. The van der Waals surface area contributed by atoms with Crippen LogP contribution < -0.4 is 15.4 Å². The largest absolute Gasteiger partial charge is 0.438 e. The Morgan fingerprint density at radius 2 is 1.68 bits per heavy atom. The maximum atomic E-state index is 12.5. The lowest BCUT2D eigenvalue weighted by atomic mass is 10.1. The molecular weight excluding hydrogens is 426 g/mol. The number of ether oxygens (including phenoxy) is 1. The van der Waals surface area contributed by atoms with E-state index in [9.17, 15) is 4.79 Å². The second kappa shape index (κ2) is 10.1. The first-order valence-corrected chi connectivity index (χ1v) is 11.1. The van der Waals surface area contributed by atoms with E-state index in [2.05, 4.69) is 25.6 Å². The first kappa shape index (κ1) is 22.9. The van der Waals surface area contributed by atoms with Gasteiger partial charge in [0.25, 0.3) is 0 Å². The van der Waals surface area contributed by atoms with Crippen molar-refractivity contribution in [3.8, 4) is 22.9 Å². The van der Waals surface area contributed by atoms with Crippen LogP contribution in [0.2, 0.25) is 0 Å². The van der Waals surface area contributed by atoms with Crippen LogP contribution in [0.3, 0.4) is 0 Å². The molecule has 7 heteroatoms. The average Bonchev–Trinajstić information content (AvgIpc) is 2.85. The molecule has 0 saturated carbocycles. The number of pyridine rings is 1. The second-order valence-corrected chi connectivity index (χ2v) is 7.98. The highest BCUT2D eigenvalue weighted by Crippen LogP contribution is 2.34. The SMILES string of the molecule is CCc1nccc(-c2cccnc2Oc2ccc(NC(=O)Nc3ccc(C)cc3)c(C)c2C)n1. The summed E-state index contributed by atoms with van der Waals surface area (Å²) in [5, 5.41) is 5.77. The Morgan fingerprint density at radius 3 is 2.44 bits per heavy atom. The van der Waals surface area contributed by atoms with E-state index >= 15 is 0 Å². The molecule has 0 fully saturated rings. The van der Waals surface area contributed by atoms with Crippen molar-refractivity contribution in [2.45, 2.75) is 34.1 Å². The number of nitrogens with one attached hydrogen (secondary N) is 2. The number of anilines is 2. The molecule has 4 rings (SSSR count). The molecule has 34 heavy (non-hydrogen) atoms. The van der Waals surface area contributed by atoms with Crippen LogP contribution in [-0.2, 0) is 6.42 Å². The minimum absolute atomic E-state index is 0.303. The lowest BCUT2D eigenvalue weighted by molar-refractivity contribution is 0.262. The molecule has 4 aromatic rings. The van der Waals surface area contributed by atoms with Gasteiger partial charge in [-0.05, 0) is 74.4 Å². The summed E-state index contributed by atoms with van der Waals surface area (Å²) in [7, 11) is 0. The fourth-order valence-electron chi connectivity index (χ4n) is 3.45. The Labute approximate surface area is 199 Å². The molecule has 0 radical (unpaired) electrons. The van der Waals surface area contributed by atoms with Gasteiger partial charge in [0.15, 0.2) is 0 Å². The van der Waals surface area contributed by atoms with E-state index in [1.165, 1.54) is 0 Å². The van der Waals surface area contributed by atoms with E-state index in [0.717, 1.165) is 45.9 Å². The maximum absolute atomic E-state index is 12.5. The third-order valence-corrected chi connectivity index (χ3v) is 5.57. The molecule has 0 aliphatic carbocycles. The fraction of sp³-hybridized carbons (Fsp3) is 0.185. The minimum atomic E-state index is -0.303. The lowest BCUT2D eigenvalue weighted by Gasteiger charge is -2.16. The number of hydrogen-bond donors (Lipinski definition) is 2. The summed E-state index contributed by atoms with van der Waals surface area (Å²) in [6.07, 6.45) is 4.18. The number of aromatic nitrogens is 3. The highest BCUT2D eigenvalue weighted by molar-refractivity contribution is 6.00. The number of rotatable bonds is 6. The van der Waals surface area contributed by atoms with Crippen molar-refractivity contribution in [3.63, 3.8) is 0 Å². The molecule has 2 N–H and O–H groups in total. The second-order valence-electron chi connectivity index (χ2n) is 7.98. The number of carbonyl (C=O) groups is 1. The van der Waals surface area contributed by atoms with Crippen LogP contribution in [0.1, 0.15) is 29.4 Å². The first-order valence-electron chi connectivity index (χ1n) is 11.1. The van der Waals surface area contributed by atoms with Crippen molar-refractivity contribution in [1.29, 1.82) is 0 Å². The van der Waals surface area contributed by atoms with Gasteiger partial charge >= 0.3 is 6.03 Å². The molecule has 2 aromatic carbocycles. The van der Waals surface area contributed by atoms with Crippen LogP contribution in [0.25, 0.3) is 11.3 Å². The Hall–Kier alpha value is -4.26. The summed E-state index contributed by atoms with van der Waals surface area (Å²) >= 11 is 0.